The molecule has 0 aliphatic carbocycles. The van der Waals surface area contributed by atoms with Crippen molar-refractivity contribution in [3.8, 4) is 17.2 Å². The lowest BCUT2D eigenvalue weighted by molar-refractivity contribution is 0.302. The standard InChI is InChI=1S/C18H16N4O3.ClH/c19-5-7-24-13-3-4-17-14(9-13)15(21-23)10-18(25-17)16-8-12-2-1-6-22(12)11-20-16;/h1-4,6,8-11,23H,5,7,19H2;1H/b21-15-;. The minimum absolute atomic E-state index is 0. The minimum atomic E-state index is 0. The Bertz CT molecular complexity index is 1120. The van der Waals surface area contributed by atoms with Gasteiger partial charge in [-0.1, -0.05) is 5.16 Å². The van der Waals surface area contributed by atoms with Gasteiger partial charge in [0.15, 0.2) is 5.76 Å². The van der Waals surface area contributed by atoms with Gasteiger partial charge in [0.2, 0.25) is 0 Å². The van der Waals surface area contributed by atoms with E-state index in [9.17, 15) is 5.21 Å². The van der Waals surface area contributed by atoms with Gasteiger partial charge in [0.05, 0.1) is 11.7 Å². The number of rotatable bonds is 4. The van der Waals surface area contributed by atoms with Crippen LogP contribution in [0.3, 0.4) is 0 Å². The predicted molar refractivity (Wildman–Crippen MR) is 99.5 cm³/mol. The van der Waals surface area contributed by atoms with Gasteiger partial charge in [-0.25, -0.2) is 4.98 Å². The van der Waals surface area contributed by atoms with Crippen LogP contribution in [0, 0.1) is 0 Å². The van der Waals surface area contributed by atoms with Crippen LogP contribution < -0.4 is 15.8 Å². The Morgan fingerprint density at radius 2 is 2.12 bits per heavy atom. The topological polar surface area (TPSA) is 98.3 Å². The van der Waals surface area contributed by atoms with E-state index in [2.05, 4.69) is 10.1 Å². The van der Waals surface area contributed by atoms with E-state index >= 15 is 0 Å². The van der Waals surface area contributed by atoms with Gasteiger partial charge in [0, 0.05) is 24.3 Å². The molecule has 0 aliphatic rings. The number of nitrogens with zero attached hydrogens (tertiary/aromatic N) is 3. The molecule has 0 fully saturated rings. The molecule has 7 nitrogen and oxygen atoms in total. The Labute approximate surface area is 154 Å². The highest BCUT2D eigenvalue weighted by Crippen LogP contribution is 2.24. The molecule has 134 valence electrons. The summed E-state index contributed by atoms with van der Waals surface area (Å²) in [5.74, 6) is 1.15. The van der Waals surface area contributed by atoms with Crippen LogP contribution in [0.4, 0.5) is 0 Å². The van der Waals surface area contributed by atoms with Crippen molar-refractivity contribution in [1.82, 2.24) is 9.38 Å². The highest BCUT2D eigenvalue weighted by molar-refractivity contribution is 5.85. The second-order valence-electron chi connectivity index (χ2n) is 5.51. The lowest BCUT2D eigenvalue weighted by Crippen LogP contribution is -2.11. The van der Waals surface area contributed by atoms with E-state index in [1.54, 1.807) is 30.6 Å². The second-order valence-corrected chi connectivity index (χ2v) is 5.51. The molecule has 4 aromatic rings. The average molecular weight is 373 g/mol. The molecule has 0 bridgehead atoms. The molecule has 26 heavy (non-hydrogen) atoms. The largest absolute Gasteiger partial charge is 0.492 e. The smallest absolute Gasteiger partial charge is 0.155 e. The maximum atomic E-state index is 9.41. The third kappa shape index (κ3) is 3.22. The molecule has 0 amide bonds. The van der Waals surface area contributed by atoms with Gasteiger partial charge in [-0.2, -0.15) is 0 Å². The molecule has 3 heterocycles. The first kappa shape index (κ1) is 17.8. The Morgan fingerprint density at radius 3 is 2.92 bits per heavy atom. The molecular formula is C18H17ClN4O3. The monoisotopic (exact) mass is 372 g/mol. The molecule has 0 aliphatic heterocycles. The van der Waals surface area contributed by atoms with Gasteiger partial charge in [-0.15, -0.1) is 12.4 Å². The SMILES string of the molecule is Cl.NCCOc1ccc2oc(-c3cc4cccn4cn3)c/c(=N/O)c2c1. The number of nitrogens with two attached hydrogens (primary N) is 1. The molecule has 0 spiro atoms. The van der Waals surface area contributed by atoms with Crippen LogP contribution in [0.25, 0.3) is 27.9 Å². The van der Waals surface area contributed by atoms with Crippen LogP contribution in [-0.4, -0.2) is 27.7 Å². The zero-order chi connectivity index (χ0) is 17.2. The van der Waals surface area contributed by atoms with E-state index in [-0.39, 0.29) is 12.4 Å². The predicted octanol–water partition coefficient (Wildman–Crippen LogP) is 2.80. The fourth-order valence-electron chi connectivity index (χ4n) is 2.69. The van der Waals surface area contributed by atoms with Crippen LogP contribution in [0.2, 0.25) is 0 Å². The summed E-state index contributed by atoms with van der Waals surface area (Å²) < 4.78 is 13.4. The maximum Gasteiger partial charge on any atom is 0.155 e. The van der Waals surface area contributed by atoms with Crippen LogP contribution in [0.15, 0.2) is 64.6 Å². The van der Waals surface area contributed by atoms with Crippen molar-refractivity contribution >= 4 is 28.9 Å². The summed E-state index contributed by atoms with van der Waals surface area (Å²) in [7, 11) is 0. The van der Waals surface area contributed by atoms with Crippen LogP contribution >= 0.6 is 12.4 Å². The first-order chi connectivity index (χ1) is 12.3. The first-order valence-corrected chi connectivity index (χ1v) is 7.80. The van der Waals surface area contributed by atoms with Crippen molar-refractivity contribution in [2.75, 3.05) is 13.2 Å². The molecule has 0 unspecified atom stereocenters. The molecule has 0 atom stereocenters. The van der Waals surface area contributed by atoms with Gasteiger partial charge >= 0.3 is 0 Å². The van der Waals surface area contributed by atoms with E-state index in [0.29, 0.717) is 46.7 Å². The fraction of sp³-hybridized carbons (Fsp3) is 0.111. The van der Waals surface area contributed by atoms with Gasteiger partial charge in [-0.3, -0.25) is 0 Å². The molecule has 0 radical (unpaired) electrons. The van der Waals surface area contributed by atoms with E-state index in [1.165, 1.54) is 0 Å². The molecule has 3 aromatic heterocycles. The van der Waals surface area contributed by atoms with Crippen LogP contribution in [0.1, 0.15) is 0 Å². The number of benzene rings is 1. The summed E-state index contributed by atoms with van der Waals surface area (Å²) >= 11 is 0. The van der Waals surface area contributed by atoms with E-state index < -0.39 is 0 Å². The zero-order valence-corrected chi connectivity index (χ0v) is 14.5. The Hall–Kier alpha value is -3.03. The Kier molecular flexibility index (Phi) is 5.11. The third-order valence-corrected chi connectivity index (χ3v) is 3.88. The van der Waals surface area contributed by atoms with Crippen molar-refractivity contribution in [3.05, 3.63) is 60.3 Å². The van der Waals surface area contributed by atoms with Crippen molar-refractivity contribution in [2.24, 2.45) is 10.9 Å². The summed E-state index contributed by atoms with van der Waals surface area (Å²) in [5.41, 5.74) is 7.67. The second kappa shape index (κ2) is 7.47. The lowest BCUT2D eigenvalue weighted by Gasteiger charge is -2.07. The molecule has 1 aromatic carbocycles. The maximum absolute atomic E-state index is 9.41. The normalized spacial score (nSPS) is 11.7. The number of fused-ring (bicyclic) bond motifs is 2. The summed E-state index contributed by atoms with van der Waals surface area (Å²) in [5, 5.41) is 13.8. The third-order valence-electron chi connectivity index (χ3n) is 3.88. The summed E-state index contributed by atoms with van der Waals surface area (Å²) in [4.78, 5) is 4.40. The Balaban J connectivity index is 0.00000196. The highest BCUT2D eigenvalue weighted by Gasteiger charge is 2.09. The van der Waals surface area contributed by atoms with Crippen molar-refractivity contribution in [1.29, 1.82) is 0 Å². The van der Waals surface area contributed by atoms with Gasteiger partial charge in [-0.05, 0) is 36.4 Å². The number of ether oxygens (including phenoxy) is 1. The summed E-state index contributed by atoms with van der Waals surface area (Å²) in [6.07, 6.45) is 3.63. The quantitative estimate of drug-likeness (QED) is 0.424. The molecular weight excluding hydrogens is 356 g/mol. The summed E-state index contributed by atoms with van der Waals surface area (Å²) in [6, 6.07) is 12.8. The number of hydrogen-bond acceptors (Lipinski definition) is 6. The van der Waals surface area contributed by atoms with Gasteiger partial charge in [0.1, 0.15) is 29.0 Å². The van der Waals surface area contributed by atoms with Crippen molar-refractivity contribution in [2.45, 2.75) is 0 Å². The van der Waals surface area contributed by atoms with Crippen molar-refractivity contribution < 1.29 is 14.4 Å². The van der Waals surface area contributed by atoms with Gasteiger partial charge in [0.25, 0.3) is 0 Å². The highest BCUT2D eigenvalue weighted by atomic mass is 35.5. The van der Waals surface area contributed by atoms with E-state index in [4.69, 9.17) is 14.9 Å². The molecule has 4 rings (SSSR count). The van der Waals surface area contributed by atoms with E-state index in [1.807, 2.05) is 28.8 Å². The zero-order valence-electron chi connectivity index (χ0n) is 13.7. The lowest BCUT2D eigenvalue weighted by atomic mass is 10.2. The number of aromatic nitrogens is 2. The molecule has 3 N–H and O–H groups in total. The number of halogens is 1. The Morgan fingerprint density at radius 1 is 1.23 bits per heavy atom. The molecule has 0 saturated heterocycles. The minimum Gasteiger partial charge on any atom is -0.492 e. The van der Waals surface area contributed by atoms with Crippen LogP contribution in [-0.2, 0) is 0 Å². The van der Waals surface area contributed by atoms with E-state index in [0.717, 1.165) is 5.52 Å². The van der Waals surface area contributed by atoms with Crippen LogP contribution in [0.5, 0.6) is 5.75 Å². The first-order valence-electron chi connectivity index (χ1n) is 7.80. The number of hydrogen-bond donors (Lipinski definition) is 2. The van der Waals surface area contributed by atoms with Gasteiger partial charge < -0.3 is 24.5 Å². The molecule has 0 saturated carbocycles. The van der Waals surface area contributed by atoms with Crippen molar-refractivity contribution in [3.63, 3.8) is 0 Å². The summed E-state index contributed by atoms with van der Waals surface area (Å²) in [6.45, 7) is 0.833. The average Bonchev–Trinajstić information content (AvgIpc) is 3.13. The fourth-order valence-corrected chi connectivity index (χ4v) is 2.69. The molecule has 8 heteroatoms.